The molecule has 1 amide bonds. The van der Waals surface area contributed by atoms with Gasteiger partial charge in [-0.2, -0.15) is 4.31 Å². The number of amides is 1. The number of benzene rings is 2. The number of sulfonamides is 1. The molecule has 0 aliphatic carbocycles. The second-order valence-electron chi connectivity index (χ2n) is 6.07. The summed E-state index contributed by atoms with van der Waals surface area (Å²) in [5, 5.41) is 1.64. The maximum absolute atomic E-state index is 13.1. The maximum Gasteiger partial charge on any atom is 0.243 e. The van der Waals surface area contributed by atoms with Crippen LogP contribution in [0.5, 0.6) is 0 Å². The van der Waals surface area contributed by atoms with E-state index in [1.54, 1.807) is 17.0 Å². The molecular formula is C17H21N3O3S. The van der Waals surface area contributed by atoms with E-state index < -0.39 is 10.0 Å². The molecule has 0 radical (unpaired) electrons. The lowest BCUT2D eigenvalue weighted by molar-refractivity contribution is -0.119. The lowest BCUT2D eigenvalue weighted by Crippen LogP contribution is -2.48. The van der Waals surface area contributed by atoms with E-state index in [1.807, 2.05) is 43.3 Å². The third-order valence-electron chi connectivity index (χ3n) is 4.38. The van der Waals surface area contributed by atoms with Crippen molar-refractivity contribution in [1.29, 1.82) is 0 Å². The van der Waals surface area contributed by atoms with Gasteiger partial charge in [-0.25, -0.2) is 8.42 Å². The Labute approximate surface area is 142 Å². The molecule has 0 atom stereocenters. The van der Waals surface area contributed by atoms with Crippen molar-refractivity contribution in [3.63, 3.8) is 0 Å². The Bertz CT molecular complexity index is 857. The lowest BCUT2D eigenvalue weighted by Gasteiger charge is -2.32. The van der Waals surface area contributed by atoms with Gasteiger partial charge in [0.05, 0.1) is 4.90 Å². The van der Waals surface area contributed by atoms with Crippen LogP contribution in [-0.4, -0.2) is 64.3 Å². The van der Waals surface area contributed by atoms with Crippen LogP contribution in [0.1, 0.15) is 0 Å². The van der Waals surface area contributed by atoms with Gasteiger partial charge in [0.25, 0.3) is 0 Å². The Kier molecular flexibility index (Phi) is 4.47. The van der Waals surface area contributed by atoms with Crippen LogP contribution in [0.2, 0.25) is 0 Å². The number of nitrogens with zero attached hydrogens (tertiary/aromatic N) is 3. The van der Waals surface area contributed by atoms with Crippen molar-refractivity contribution in [3.05, 3.63) is 36.4 Å². The molecule has 1 heterocycles. The first-order valence-corrected chi connectivity index (χ1v) is 9.27. The van der Waals surface area contributed by atoms with Gasteiger partial charge in [0.2, 0.25) is 16.4 Å². The van der Waals surface area contributed by atoms with Crippen molar-refractivity contribution in [2.45, 2.75) is 4.90 Å². The zero-order valence-corrected chi connectivity index (χ0v) is 14.7. The van der Waals surface area contributed by atoms with Crippen molar-refractivity contribution < 1.29 is 13.2 Å². The van der Waals surface area contributed by atoms with Crippen LogP contribution in [0.15, 0.2) is 41.3 Å². The maximum atomic E-state index is 13.1. The fourth-order valence-electron chi connectivity index (χ4n) is 3.07. The Hall–Kier alpha value is -2.12. The summed E-state index contributed by atoms with van der Waals surface area (Å²) in [6.45, 7) is 1.50. The summed E-state index contributed by atoms with van der Waals surface area (Å²) in [7, 11) is 0.288. The van der Waals surface area contributed by atoms with Crippen molar-refractivity contribution >= 4 is 32.9 Å². The summed E-state index contributed by atoms with van der Waals surface area (Å²) >= 11 is 0. The molecule has 1 aliphatic rings. The lowest BCUT2D eigenvalue weighted by atomic mass is 10.1. The molecule has 24 heavy (non-hydrogen) atoms. The number of anilines is 1. The van der Waals surface area contributed by atoms with Gasteiger partial charge < -0.3 is 9.80 Å². The Balaban J connectivity index is 2.06. The molecule has 3 rings (SSSR count). The molecule has 2 aromatic carbocycles. The summed E-state index contributed by atoms with van der Waals surface area (Å²) in [5.74, 6) is 0. The number of carbonyl (C=O) groups is 1. The Morgan fingerprint density at radius 1 is 0.958 bits per heavy atom. The van der Waals surface area contributed by atoms with Crippen LogP contribution in [0.3, 0.4) is 0 Å². The highest BCUT2D eigenvalue weighted by Gasteiger charge is 2.29. The summed E-state index contributed by atoms with van der Waals surface area (Å²) in [6.07, 6.45) is 0.769. The zero-order chi connectivity index (χ0) is 17.3. The molecule has 0 aromatic heterocycles. The molecule has 1 aliphatic heterocycles. The first kappa shape index (κ1) is 16.7. The minimum atomic E-state index is -3.59. The summed E-state index contributed by atoms with van der Waals surface area (Å²) in [5.41, 5.74) is 0.982. The summed E-state index contributed by atoms with van der Waals surface area (Å²) in [4.78, 5) is 14.7. The predicted octanol–water partition coefficient (Wildman–Crippen LogP) is 1.37. The molecule has 1 saturated heterocycles. The number of hydrogen-bond donors (Lipinski definition) is 0. The second kappa shape index (κ2) is 6.41. The van der Waals surface area contributed by atoms with E-state index in [2.05, 4.69) is 0 Å². The van der Waals surface area contributed by atoms with E-state index in [1.165, 1.54) is 4.31 Å². The van der Waals surface area contributed by atoms with Crippen LogP contribution in [0.4, 0.5) is 5.69 Å². The van der Waals surface area contributed by atoms with Crippen LogP contribution < -0.4 is 4.90 Å². The number of rotatable bonds is 4. The highest BCUT2D eigenvalue weighted by atomic mass is 32.2. The van der Waals surface area contributed by atoms with Gasteiger partial charge >= 0.3 is 0 Å². The summed E-state index contributed by atoms with van der Waals surface area (Å²) in [6, 6.07) is 11.1. The van der Waals surface area contributed by atoms with Crippen LogP contribution in [-0.2, 0) is 14.8 Å². The van der Waals surface area contributed by atoms with E-state index in [0.717, 1.165) is 22.9 Å². The largest absolute Gasteiger partial charge is 0.377 e. The monoisotopic (exact) mass is 347 g/mol. The molecule has 0 N–H and O–H groups in total. The molecule has 2 aromatic rings. The third kappa shape index (κ3) is 2.85. The molecule has 0 saturated carbocycles. The van der Waals surface area contributed by atoms with E-state index in [9.17, 15) is 13.2 Å². The standard InChI is InChI=1S/C17H21N3O3S/c1-18(2)16-7-3-6-15-14(16)5-4-8-17(15)24(22,23)20-11-9-19(13-21)10-12-20/h3-8,13H,9-12H2,1-2H3. The number of piperazine rings is 1. The van der Waals surface area contributed by atoms with Crippen LogP contribution in [0, 0.1) is 0 Å². The molecule has 1 fully saturated rings. The van der Waals surface area contributed by atoms with Gasteiger partial charge in [0.1, 0.15) is 0 Å². The third-order valence-corrected chi connectivity index (χ3v) is 6.34. The first-order chi connectivity index (χ1) is 11.4. The zero-order valence-electron chi connectivity index (χ0n) is 13.8. The Morgan fingerprint density at radius 3 is 2.21 bits per heavy atom. The normalized spacial score (nSPS) is 16.3. The fourth-order valence-corrected chi connectivity index (χ4v) is 4.70. The van der Waals surface area contributed by atoms with Crippen LogP contribution >= 0.6 is 0 Å². The molecule has 0 unspecified atom stereocenters. The van der Waals surface area contributed by atoms with Gasteiger partial charge in [-0.3, -0.25) is 4.79 Å². The minimum absolute atomic E-state index is 0.322. The van der Waals surface area contributed by atoms with Gasteiger partial charge in [0.15, 0.2) is 0 Å². The van der Waals surface area contributed by atoms with Gasteiger partial charge in [0, 0.05) is 56.7 Å². The molecule has 0 spiro atoms. The second-order valence-corrected chi connectivity index (χ2v) is 7.97. The van der Waals surface area contributed by atoms with Crippen molar-refractivity contribution in [3.8, 4) is 0 Å². The molecule has 0 bridgehead atoms. The average molecular weight is 347 g/mol. The molecular weight excluding hydrogens is 326 g/mol. The predicted molar refractivity (Wildman–Crippen MR) is 94.7 cm³/mol. The molecule has 7 heteroatoms. The highest BCUT2D eigenvalue weighted by Crippen LogP contribution is 2.31. The minimum Gasteiger partial charge on any atom is -0.377 e. The van der Waals surface area contributed by atoms with Crippen molar-refractivity contribution in [1.82, 2.24) is 9.21 Å². The quantitative estimate of drug-likeness (QED) is 0.784. The average Bonchev–Trinajstić information content (AvgIpc) is 2.60. The van der Waals surface area contributed by atoms with E-state index in [4.69, 9.17) is 0 Å². The fraction of sp³-hybridized carbons (Fsp3) is 0.353. The SMILES string of the molecule is CN(C)c1cccc2c(S(=O)(=O)N3CCN(C=O)CC3)cccc12. The highest BCUT2D eigenvalue weighted by molar-refractivity contribution is 7.89. The number of carbonyl (C=O) groups excluding carboxylic acids is 1. The molecule has 128 valence electrons. The van der Waals surface area contributed by atoms with E-state index in [-0.39, 0.29) is 0 Å². The van der Waals surface area contributed by atoms with Crippen molar-refractivity contribution in [2.24, 2.45) is 0 Å². The van der Waals surface area contributed by atoms with Gasteiger partial charge in [-0.15, -0.1) is 0 Å². The molecule has 6 nitrogen and oxygen atoms in total. The first-order valence-electron chi connectivity index (χ1n) is 7.83. The van der Waals surface area contributed by atoms with Gasteiger partial charge in [-0.05, 0) is 12.1 Å². The summed E-state index contributed by atoms with van der Waals surface area (Å²) < 4.78 is 27.6. The van der Waals surface area contributed by atoms with Crippen LogP contribution in [0.25, 0.3) is 10.8 Å². The van der Waals surface area contributed by atoms with E-state index >= 15 is 0 Å². The van der Waals surface area contributed by atoms with Crippen molar-refractivity contribution in [2.75, 3.05) is 45.2 Å². The number of hydrogen-bond acceptors (Lipinski definition) is 4. The number of fused-ring (bicyclic) bond motifs is 1. The van der Waals surface area contributed by atoms with E-state index in [0.29, 0.717) is 31.1 Å². The Morgan fingerprint density at radius 2 is 1.58 bits per heavy atom. The smallest absolute Gasteiger partial charge is 0.243 e. The topological polar surface area (TPSA) is 60.9 Å². The van der Waals surface area contributed by atoms with Gasteiger partial charge in [-0.1, -0.05) is 24.3 Å².